The fourth-order valence-electron chi connectivity index (χ4n) is 3.75. The first-order valence-corrected chi connectivity index (χ1v) is 9.01. The van der Waals surface area contributed by atoms with Gasteiger partial charge in [0.05, 0.1) is 25.4 Å². The number of β-amino-alcohol motifs (C(OH)–C–C–N with tert-alkyl or cyclic N) is 1. The molecule has 0 aliphatic carbocycles. The number of hydrogen-bond acceptors (Lipinski definition) is 5. The van der Waals surface area contributed by atoms with Gasteiger partial charge < -0.3 is 14.3 Å². The molecule has 1 aromatic heterocycles. The zero-order chi connectivity index (χ0) is 16.1. The van der Waals surface area contributed by atoms with E-state index in [1.807, 2.05) is 13.0 Å². The Bertz CT molecular complexity index is 471. The summed E-state index contributed by atoms with van der Waals surface area (Å²) in [5.41, 5.74) is 0. The van der Waals surface area contributed by atoms with Crippen molar-refractivity contribution in [1.82, 2.24) is 9.80 Å². The summed E-state index contributed by atoms with van der Waals surface area (Å²) < 4.78 is 11.3. The Morgan fingerprint density at radius 1 is 1.13 bits per heavy atom. The summed E-state index contributed by atoms with van der Waals surface area (Å²) >= 11 is 0. The van der Waals surface area contributed by atoms with Crippen LogP contribution in [0.4, 0.5) is 0 Å². The number of hydrogen-bond donors (Lipinski definition) is 1. The van der Waals surface area contributed by atoms with Crippen LogP contribution in [-0.2, 0) is 4.74 Å². The predicted octanol–water partition coefficient (Wildman–Crippen LogP) is 2.20. The van der Waals surface area contributed by atoms with Crippen LogP contribution in [0.5, 0.6) is 0 Å². The van der Waals surface area contributed by atoms with Gasteiger partial charge in [0, 0.05) is 26.2 Å². The van der Waals surface area contributed by atoms with Crippen LogP contribution in [-0.4, -0.2) is 66.9 Å². The van der Waals surface area contributed by atoms with Gasteiger partial charge in [-0.2, -0.15) is 0 Å². The number of likely N-dealkylation sites (tertiary alicyclic amines) is 1. The molecule has 5 heteroatoms. The van der Waals surface area contributed by atoms with E-state index < -0.39 is 0 Å². The zero-order valence-electron chi connectivity index (χ0n) is 14.2. The molecule has 2 saturated heterocycles. The smallest absolute Gasteiger partial charge is 0.121 e. The number of rotatable bonds is 5. The third-order valence-corrected chi connectivity index (χ3v) is 4.97. The molecule has 0 unspecified atom stereocenters. The highest BCUT2D eigenvalue weighted by Gasteiger charge is 2.27. The molecular weight excluding hydrogens is 292 g/mol. The lowest BCUT2D eigenvalue weighted by molar-refractivity contribution is 0.00208. The van der Waals surface area contributed by atoms with E-state index in [-0.39, 0.29) is 6.10 Å². The molecule has 5 nitrogen and oxygen atoms in total. The highest BCUT2D eigenvalue weighted by atomic mass is 16.5. The second-order valence-electron chi connectivity index (χ2n) is 6.88. The maximum Gasteiger partial charge on any atom is 0.121 e. The van der Waals surface area contributed by atoms with Crippen molar-refractivity contribution >= 4 is 0 Å². The molecule has 1 aromatic rings. The van der Waals surface area contributed by atoms with Crippen molar-refractivity contribution in [1.29, 1.82) is 0 Å². The summed E-state index contributed by atoms with van der Waals surface area (Å²) in [6.45, 7) is 7.93. The summed E-state index contributed by atoms with van der Waals surface area (Å²) in [6, 6.07) is 4.46. The van der Waals surface area contributed by atoms with E-state index in [1.54, 1.807) is 0 Å². The molecule has 0 saturated carbocycles. The Balaban J connectivity index is 1.60. The SMILES string of the molecule is Cc1ccc([C@@H]2CCCCCN2C[C@H](O)CN2CCOCC2)o1. The summed E-state index contributed by atoms with van der Waals surface area (Å²) in [6.07, 6.45) is 4.52. The Morgan fingerprint density at radius 3 is 2.70 bits per heavy atom. The maximum absolute atomic E-state index is 10.6. The normalized spacial score (nSPS) is 26.1. The van der Waals surface area contributed by atoms with Crippen LogP contribution in [0.1, 0.15) is 43.2 Å². The Hall–Kier alpha value is -0.880. The van der Waals surface area contributed by atoms with Crippen LogP contribution in [0.25, 0.3) is 0 Å². The minimum Gasteiger partial charge on any atom is -0.465 e. The number of aliphatic hydroxyl groups is 1. The number of aryl methyl sites for hydroxylation is 1. The number of morpholine rings is 1. The topological polar surface area (TPSA) is 49.1 Å². The van der Waals surface area contributed by atoms with Gasteiger partial charge in [-0.05, 0) is 38.4 Å². The highest BCUT2D eigenvalue weighted by molar-refractivity contribution is 5.10. The average molecular weight is 322 g/mol. The molecular formula is C18H30N2O3. The molecule has 23 heavy (non-hydrogen) atoms. The first kappa shape index (κ1) is 17.0. The summed E-state index contributed by atoms with van der Waals surface area (Å²) in [5, 5.41) is 10.6. The van der Waals surface area contributed by atoms with Crippen molar-refractivity contribution in [3.05, 3.63) is 23.7 Å². The molecule has 2 fully saturated rings. The summed E-state index contributed by atoms with van der Waals surface area (Å²) in [7, 11) is 0. The lowest BCUT2D eigenvalue weighted by Crippen LogP contribution is -2.45. The van der Waals surface area contributed by atoms with Gasteiger partial charge in [-0.25, -0.2) is 0 Å². The second kappa shape index (κ2) is 8.29. The minimum absolute atomic E-state index is 0.311. The number of aliphatic hydroxyl groups excluding tert-OH is 1. The Kier molecular flexibility index (Phi) is 6.11. The third-order valence-electron chi connectivity index (χ3n) is 4.97. The van der Waals surface area contributed by atoms with Gasteiger partial charge in [0.15, 0.2) is 0 Å². The van der Waals surface area contributed by atoms with Gasteiger partial charge in [-0.1, -0.05) is 12.8 Å². The molecule has 0 amide bonds. The van der Waals surface area contributed by atoms with E-state index in [9.17, 15) is 5.11 Å². The van der Waals surface area contributed by atoms with E-state index in [0.717, 1.165) is 63.9 Å². The van der Waals surface area contributed by atoms with Gasteiger partial charge in [0.1, 0.15) is 11.5 Å². The summed E-state index contributed by atoms with van der Waals surface area (Å²) in [5.74, 6) is 2.03. The lowest BCUT2D eigenvalue weighted by Gasteiger charge is -2.33. The quantitative estimate of drug-likeness (QED) is 0.900. The molecule has 2 aliphatic heterocycles. The van der Waals surface area contributed by atoms with Crippen molar-refractivity contribution in [3.8, 4) is 0 Å². The molecule has 0 aromatic carbocycles. The van der Waals surface area contributed by atoms with Gasteiger partial charge >= 0.3 is 0 Å². The van der Waals surface area contributed by atoms with Crippen molar-refractivity contribution < 1.29 is 14.3 Å². The van der Waals surface area contributed by atoms with Crippen LogP contribution >= 0.6 is 0 Å². The van der Waals surface area contributed by atoms with Gasteiger partial charge in [0.25, 0.3) is 0 Å². The molecule has 2 atom stereocenters. The van der Waals surface area contributed by atoms with Gasteiger partial charge in [-0.3, -0.25) is 9.80 Å². The van der Waals surface area contributed by atoms with E-state index in [4.69, 9.17) is 9.15 Å². The minimum atomic E-state index is -0.315. The van der Waals surface area contributed by atoms with E-state index in [1.165, 1.54) is 19.3 Å². The molecule has 3 heterocycles. The van der Waals surface area contributed by atoms with Crippen molar-refractivity contribution in [3.63, 3.8) is 0 Å². The molecule has 3 rings (SSSR count). The lowest BCUT2D eigenvalue weighted by atomic mass is 10.1. The van der Waals surface area contributed by atoms with Crippen LogP contribution in [0, 0.1) is 6.92 Å². The largest absolute Gasteiger partial charge is 0.465 e. The fraction of sp³-hybridized carbons (Fsp3) is 0.778. The molecule has 0 spiro atoms. The monoisotopic (exact) mass is 322 g/mol. The second-order valence-corrected chi connectivity index (χ2v) is 6.88. The third kappa shape index (κ3) is 4.80. The standard InChI is InChI=1S/C18H30N2O3/c1-15-6-7-18(23-15)17-5-3-2-4-8-20(17)14-16(21)13-19-9-11-22-12-10-19/h6-7,16-17,21H,2-5,8-14H2,1H3/t16-,17+/m1/s1. The Labute approximate surface area is 139 Å². The van der Waals surface area contributed by atoms with Gasteiger partial charge in [-0.15, -0.1) is 0 Å². The molecule has 1 N–H and O–H groups in total. The first-order chi connectivity index (χ1) is 11.2. The first-order valence-electron chi connectivity index (χ1n) is 9.01. The van der Waals surface area contributed by atoms with Crippen molar-refractivity contribution in [2.75, 3.05) is 45.9 Å². The van der Waals surface area contributed by atoms with Crippen molar-refractivity contribution in [2.45, 2.75) is 44.8 Å². The summed E-state index contributed by atoms with van der Waals surface area (Å²) in [4.78, 5) is 4.73. The number of furan rings is 1. The molecule has 0 radical (unpaired) electrons. The van der Waals surface area contributed by atoms with Gasteiger partial charge in [0.2, 0.25) is 0 Å². The highest BCUT2D eigenvalue weighted by Crippen LogP contribution is 2.31. The molecule has 2 aliphatic rings. The van der Waals surface area contributed by atoms with Crippen LogP contribution in [0.3, 0.4) is 0 Å². The van der Waals surface area contributed by atoms with E-state index in [0.29, 0.717) is 6.04 Å². The number of ether oxygens (including phenoxy) is 1. The number of nitrogens with zero attached hydrogens (tertiary/aromatic N) is 2. The molecule has 0 bridgehead atoms. The Morgan fingerprint density at radius 2 is 1.96 bits per heavy atom. The maximum atomic E-state index is 10.6. The van der Waals surface area contributed by atoms with Crippen molar-refractivity contribution in [2.24, 2.45) is 0 Å². The van der Waals surface area contributed by atoms with Crippen LogP contribution in [0.15, 0.2) is 16.5 Å². The zero-order valence-corrected chi connectivity index (χ0v) is 14.2. The predicted molar refractivity (Wildman–Crippen MR) is 89.5 cm³/mol. The van der Waals surface area contributed by atoms with E-state index >= 15 is 0 Å². The van der Waals surface area contributed by atoms with Crippen LogP contribution < -0.4 is 0 Å². The van der Waals surface area contributed by atoms with Crippen LogP contribution in [0.2, 0.25) is 0 Å². The van der Waals surface area contributed by atoms with E-state index in [2.05, 4.69) is 15.9 Å². The average Bonchev–Trinajstić information content (AvgIpc) is 2.84. The molecule has 130 valence electrons. The fourth-order valence-corrected chi connectivity index (χ4v) is 3.75.